The highest BCUT2D eigenvalue weighted by atomic mass is 79.9. The molecule has 1 amide bonds. The topological polar surface area (TPSA) is 88.6 Å². The van der Waals surface area contributed by atoms with Crippen molar-refractivity contribution in [1.29, 1.82) is 0 Å². The number of carboxylic acids is 1. The lowest BCUT2D eigenvalue weighted by Gasteiger charge is -2.32. The standard InChI is InChI=1S/C15H16BrN3O4/c1-9-11(15(21)22)8-17-19(9)10-4-6-18(7-5-10)14(20)12-2-3-13(16)23-12/h2-3,8,10H,4-7H2,1H3,(H,21,22). The van der Waals surface area contributed by atoms with Gasteiger partial charge in [-0.05, 0) is 47.8 Å². The summed E-state index contributed by atoms with van der Waals surface area (Å²) < 4.78 is 7.59. The summed E-state index contributed by atoms with van der Waals surface area (Å²) in [5.41, 5.74) is 0.876. The van der Waals surface area contributed by atoms with Gasteiger partial charge in [0.1, 0.15) is 5.56 Å². The molecular weight excluding hydrogens is 366 g/mol. The zero-order chi connectivity index (χ0) is 16.6. The van der Waals surface area contributed by atoms with Crippen molar-refractivity contribution in [2.75, 3.05) is 13.1 Å². The zero-order valence-electron chi connectivity index (χ0n) is 12.5. The van der Waals surface area contributed by atoms with Gasteiger partial charge in [-0.2, -0.15) is 5.10 Å². The second kappa shape index (κ2) is 6.19. The third kappa shape index (κ3) is 3.03. The Morgan fingerprint density at radius 1 is 1.35 bits per heavy atom. The molecule has 0 spiro atoms. The van der Waals surface area contributed by atoms with Gasteiger partial charge >= 0.3 is 5.97 Å². The Hall–Kier alpha value is -2.09. The van der Waals surface area contributed by atoms with Gasteiger partial charge in [-0.15, -0.1) is 0 Å². The molecule has 0 unspecified atom stereocenters. The summed E-state index contributed by atoms with van der Waals surface area (Å²) >= 11 is 3.19. The highest BCUT2D eigenvalue weighted by Gasteiger charge is 2.28. The molecule has 1 aliphatic rings. The number of furan rings is 1. The van der Waals surface area contributed by atoms with Crippen LogP contribution in [0, 0.1) is 6.92 Å². The van der Waals surface area contributed by atoms with Gasteiger partial charge in [0.25, 0.3) is 5.91 Å². The number of hydrogen-bond donors (Lipinski definition) is 1. The van der Waals surface area contributed by atoms with Gasteiger partial charge in [0.15, 0.2) is 10.4 Å². The number of carbonyl (C=O) groups is 2. The van der Waals surface area contributed by atoms with Crippen LogP contribution in [0.5, 0.6) is 0 Å². The smallest absolute Gasteiger partial charge is 0.339 e. The summed E-state index contributed by atoms with van der Waals surface area (Å²) in [6.07, 6.45) is 2.85. The largest absolute Gasteiger partial charge is 0.478 e. The van der Waals surface area contributed by atoms with Crippen LogP contribution in [0.2, 0.25) is 0 Å². The number of piperidine rings is 1. The first-order chi connectivity index (χ1) is 11.0. The first-order valence-electron chi connectivity index (χ1n) is 7.29. The van der Waals surface area contributed by atoms with E-state index in [1.165, 1.54) is 6.20 Å². The molecule has 1 aliphatic heterocycles. The Bertz CT molecular complexity index is 744. The third-order valence-corrected chi connectivity index (χ3v) is 4.58. The number of halogens is 1. The molecule has 2 aromatic heterocycles. The summed E-state index contributed by atoms with van der Waals surface area (Å²) in [5, 5.41) is 13.3. The van der Waals surface area contributed by atoms with Crippen LogP contribution in [0.15, 0.2) is 27.4 Å². The molecule has 23 heavy (non-hydrogen) atoms. The molecule has 3 rings (SSSR count). The molecule has 0 bridgehead atoms. The molecule has 7 nitrogen and oxygen atoms in total. The van der Waals surface area contributed by atoms with E-state index >= 15 is 0 Å². The van der Waals surface area contributed by atoms with Crippen LogP contribution in [0.3, 0.4) is 0 Å². The van der Waals surface area contributed by atoms with Crippen molar-refractivity contribution in [3.63, 3.8) is 0 Å². The number of nitrogens with zero attached hydrogens (tertiary/aromatic N) is 3. The normalized spacial score (nSPS) is 15.8. The summed E-state index contributed by atoms with van der Waals surface area (Å²) in [6.45, 7) is 2.93. The SMILES string of the molecule is Cc1c(C(=O)O)cnn1C1CCN(C(=O)c2ccc(Br)o2)CC1. The minimum atomic E-state index is -0.968. The third-order valence-electron chi connectivity index (χ3n) is 4.16. The fourth-order valence-corrected chi connectivity index (χ4v) is 3.21. The van der Waals surface area contributed by atoms with Crippen molar-refractivity contribution < 1.29 is 19.1 Å². The van der Waals surface area contributed by atoms with Crippen molar-refractivity contribution in [2.45, 2.75) is 25.8 Å². The van der Waals surface area contributed by atoms with Crippen molar-refractivity contribution in [2.24, 2.45) is 0 Å². The monoisotopic (exact) mass is 381 g/mol. The number of rotatable bonds is 3. The molecular formula is C15H16BrN3O4. The highest BCUT2D eigenvalue weighted by molar-refractivity contribution is 9.10. The Kier molecular flexibility index (Phi) is 4.25. The predicted molar refractivity (Wildman–Crippen MR) is 84.5 cm³/mol. The van der Waals surface area contributed by atoms with E-state index in [-0.39, 0.29) is 17.5 Å². The maximum absolute atomic E-state index is 12.3. The van der Waals surface area contributed by atoms with Crippen molar-refractivity contribution >= 4 is 27.8 Å². The predicted octanol–water partition coefficient (Wildman–Crippen LogP) is 2.72. The molecule has 1 N–H and O–H groups in total. The number of likely N-dealkylation sites (tertiary alicyclic amines) is 1. The van der Waals surface area contributed by atoms with Crippen LogP contribution in [0.1, 0.15) is 45.5 Å². The second-order valence-corrected chi connectivity index (χ2v) is 6.30. The van der Waals surface area contributed by atoms with Crippen LogP contribution < -0.4 is 0 Å². The lowest BCUT2D eigenvalue weighted by Crippen LogP contribution is -2.39. The Labute approximate surface area is 141 Å². The maximum atomic E-state index is 12.3. The van der Waals surface area contributed by atoms with Crippen molar-refractivity contribution in [3.8, 4) is 0 Å². The fourth-order valence-electron chi connectivity index (χ4n) is 2.90. The quantitative estimate of drug-likeness (QED) is 0.882. The first kappa shape index (κ1) is 15.8. The fraction of sp³-hybridized carbons (Fsp3) is 0.400. The molecule has 1 saturated heterocycles. The van der Waals surface area contributed by atoms with Gasteiger partial charge < -0.3 is 14.4 Å². The molecule has 0 aliphatic carbocycles. The minimum absolute atomic E-state index is 0.107. The number of aromatic nitrogens is 2. The molecule has 0 aromatic carbocycles. The molecule has 0 atom stereocenters. The number of carboxylic acid groups (broad SMARTS) is 1. The summed E-state index contributed by atoms with van der Waals surface area (Å²) in [4.78, 5) is 25.2. The van der Waals surface area contributed by atoms with E-state index in [2.05, 4.69) is 21.0 Å². The van der Waals surface area contributed by atoms with E-state index in [0.29, 0.717) is 29.2 Å². The number of aromatic carboxylic acids is 1. The van der Waals surface area contributed by atoms with E-state index < -0.39 is 5.97 Å². The van der Waals surface area contributed by atoms with Gasteiger partial charge in [-0.1, -0.05) is 0 Å². The van der Waals surface area contributed by atoms with Gasteiger partial charge in [0.05, 0.1) is 17.9 Å². The minimum Gasteiger partial charge on any atom is -0.478 e. The molecule has 0 saturated carbocycles. The Morgan fingerprint density at radius 2 is 2.04 bits per heavy atom. The second-order valence-electron chi connectivity index (χ2n) is 5.52. The van der Waals surface area contributed by atoms with Gasteiger partial charge in [0.2, 0.25) is 0 Å². The van der Waals surface area contributed by atoms with Gasteiger partial charge in [-0.3, -0.25) is 9.48 Å². The molecule has 2 aromatic rings. The average molecular weight is 382 g/mol. The van der Waals surface area contributed by atoms with E-state index in [1.807, 2.05) is 0 Å². The molecule has 3 heterocycles. The molecule has 8 heteroatoms. The van der Waals surface area contributed by atoms with Crippen molar-refractivity contribution in [3.05, 3.63) is 40.0 Å². The Balaban J connectivity index is 1.67. The van der Waals surface area contributed by atoms with Crippen LogP contribution >= 0.6 is 15.9 Å². The molecule has 122 valence electrons. The zero-order valence-corrected chi connectivity index (χ0v) is 14.1. The van der Waals surface area contributed by atoms with Crippen LogP contribution in [0.4, 0.5) is 0 Å². The highest BCUT2D eigenvalue weighted by Crippen LogP contribution is 2.26. The van der Waals surface area contributed by atoms with Gasteiger partial charge in [-0.25, -0.2) is 4.79 Å². The van der Waals surface area contributed by atoms with E-state index in [1.54, 1.807) is 28.6 Å². The summed E-state index contributed by atoms with van der Waals surface area (Å²) in [7, 11) is 0. The summed E-state index contributed by atoms with van der Waals surface area (Å²) in [5.74, 6) is -0.777. The van der Waals surface area contributed by atoms with Crippen LogP contribution in [0.25, 0.3) is 0 Å². The lowest BCUT2D eigenvalue weighted by atomic mass is 10.0. The number of amides is 1. The lowest BCUT2D eigenvalue weighted by molar-refractivity contribution is 0.0655. The van der Waals surface area contributed by atoms with Crippen LogP contribution in [-0.2, 0) is 0 Å². The maximum Gasteiger partial charge on any atom is 0.339 e. The van der Waals surface area contributed by atoms with Crippen LogP contribution in [-0.4, -0.2) is 44.8 Å². The molecule has 1 fully saturated rings. The summed E-state index contributed by atoms with van der Waals surface area (Å²) in [6, 6.07) is 3.45. The number of hydrogen-bond acceptors (Lipinski definition) is 4. The Morgan fingerprint density at radius 3 is 2.57 bits per heavy atom. The van der Waals surface area contributed by atoms with Crippen molar-refractivity contribution in [1.82, 2.24) is 14.7 Å². The number of carbonyl (C=O) groups excluding carboxylic acids is 1. The van der Waals surface area contributed by atoms with E-state index in [9.17, 15) is 9.59 Å². The van der Waals surface area contributed by atoms with E-state index in [0.717, 1.165) is 12.8 Å². The van der Waals surface area contributed by atoms with Gasteiger partial charge in [0, 0.05) is 13.1 Å². The van der Waals surface area contributed by atoms with E-state index in [4.69, 9.17) is 9.52 Å². The average Bonchev–Trinajstić information content (AvgIpc) is 3.13. The first-order valence-corrected chi connectivity index (χ1v) is 8.08. The molecule has 0 radical (unpaired) electrons.